The van der Waals surface area contributed by atoms with Crippen LogP contribution in [0.2, 0.25) is 5.02 Å². The van der Waals surface area contributed by atoms with E-state index in [9.17, 15) is 14.9 Å². The van der Waals surface area contributed by atoms with Crippen LogP contribution in [0.4, 0.5) is 5.69 Å². The maximum atomic E-state index is 12.2. The van der Waals surface area contributed by atoms with Gasteiger partial charge >= 0.3 is 0 Å². The third-order valence-electron chi connectivity index (χ3n) is 2.90. The Morgan fingerprint density at radius 2 is 2.28 bits per heavy atom. The molecule has 96 valence electrons. The summed E-state index contributed by atoms with van der Waals surface area (Å²) < 4.78 is 0. The van der Waals surface area contributed by atoms with Gasteiger partial charge in [0.25, 0.3) is 11.6 Å². The van der Waals surface area contributed by atoms with E-state index in [0.717, 1.165) is 6.42 Å². The highest BCUT2D eigenvalue weighted by Gasteiger charge is 2.26. The molecule has 0 spiro atoms. The third-order valence-corrected chi connectivity index (χ3v) is 3.23. The fourth-order valence-electron chi connectivity index (χ4n) is 1.93. The number of nitrogens with zero attached hydrogens (tertiary/aromatic N) is 2. The summed E-state index contributed by atoms with van der Waals surface area (Å²) in [7, 11) is 0. The number of nitrogens with two attached hydrogens (primary N) is 1. The van der Waals surface area contributed by atoms with Crippen LogP contribution >= 0.6 is 11.6 Å². The first-order valence-electron chi connectivity index (χ1n) is 5.48. The number of halogens is 1. The highest BCUT2D eigenvalue weighted by Crippen LogP contribution is 2.24. The summed E-state index contributed by atoms with van der Waals surface area (Å²) in [5.74, 6) is -0.309. The van der Waals surface area contributed by atoms with Crippen LogP contribution in [0.1, 0.15) is 16.8 Å². The van der Waals surface area contributed by atoms with E-state index in [1.165, 1.54) is 18.2 Å². The van der Waals surface area contributed by atoms with Crippen molar-refractivity contribution in [1.82, 2.24) is 4.90 Å². The fourth-order valence-corrected chi connectivity index (χ4v) is 2.13. The number of rotatable bonds is 2. The van der Waals surface area contributed by atoms with E-state index in [1.54, 1.807) is 4.90 Å². The molecule has 1 atom stereocenters. The van der Waals surface area contributed by atoms with Crippen molar-refractivity contribution in [3.05, 3.63) is 38.9 Å². The largest absolute Gasteiger partial charge is 0.337 e. The van der Waals surface area contributed by atoms with E-state index in [1.807, 2.05) is 0 Å². The monoisotopic (exact) mass is 269 g/mol. The lowest BCUT2D eigenvalue weighted by molar-refractivity contribution is -0.384. The number of hydrogen-bond acceptors (Lipinski definition) is 4. The summed E-state index contributed by atoms with van der Waals surface area (Å²) in [6.07, 6.45) is 0.734. The Hall–Kier alpha value is -1.66. The van der Waals surface area contributed by atoms with E-state index in [2.05, 4.69) is 0 Å². The van der Waals surface area contributed by atoms with Crippen molar-refractivity contribution in [3.63, 3.8) is 0 Å². The molecule has 1 aromatic rings. The number of hydrogen-bond donors (Lipinski definition) is 1. The minimum atomic E-state index is -0.553. The van der Waals surface area contributed by atoms with Crippen molar-refractivity contribution in [3.8, 4) is 0 Å². The molecular weight excluding hydrogens is 258 g/mol. The van der Waals surface area contributed by atoms with Crippen molar-refractivity contribution >= 4 is 23.2 Å². The summed E-state index contributed by atoms with van der Waals surface area (Å²) >= 11 is 5.91. The highest BCUT2D eigenvalue weighted by molar-refractivity contribution is 6.33. The van der Waals surface area contributed by atoms with Crippen LogP contribution in [-0.4, -0.2) is 34.9 Å². The summed E-state index contributed by atoms with van der Waals surface area (Å²) in [6, 6.07) is 3.80. The molecule has 1 aromatic carbocycles. The zero-order chi connectivity index (χ0) is 13.3. The minimum absolute atomic E-state index is 0.0357. The first kappa shape index (κ1) is 12.8. The van der Waals surface area contributed by atoms with Crippen molar-refractivity contribution in [2.45, 2.75) is 12.5 Å². The summed E-state index contributed by atoms with van der Waals surface area (Å²) in [5, 5.41) is 10.9. The van der Waals surface area contributed by atoms with Gasteiger partial charge in [0.1, 0.15) is 0 Å². The molecule has 1 aliphatic rings. The molecule has 1 heterocycles. The molecule has 18 heavy (non-hydrogen) atoms. The number of nitro benzene ring substituents is 1. The van der Waals surface area contributed by atoms with Crippen LogP contribution in [0.25, 0.3) is 0 Å². The first-order chi connectivity index (χ1) is 8.49. The second kappa shape index (κ2) is 4.91. The van der Waals surface area contributed by atoms with Gasteiger partial charge in [-0.05, 0) is 12.5 Å². The van der Waals surface area contributed by atoms with E-state index < -0.39 is 4.92 Å². The van der Waals surface area contributed by atoms with E-state index in [-0.39, 0.29) is 28.2 Å². The van der Waals surface area contributed by atoms with Gasteiger partial charge in [-0.3, -0.25) is 14.9 Å². The molecule has 6 nitrogen and oxygen atoms in total. The number of nitro groups is 1. The predicted molar refractivity (Wildman–Crippen MR) is 66.6 cm³/mol. The molecular formula is C11H12ClN3O3. The second-order valence-corrected chi connectivity index (χ2v) is 4.63. The SMILES string of the molecule is N[C@H]1CCN(C(=O)c2cc([N+](=O)[O-])ccc2Cl)C1. The summed E-state index contributed by atoms with van der Waals surface area (Å²) in [6.45, 7) is 1.01. The van der Waals surface area contributed by atoms with Crippen LogP contribution in [0, 0.1) is 10.1 Å². The van der Waals surface area contributed by atoms with Crippen LogP contribution in [0.5, 0.6) is 0 Å². The predicted octanol–water partition coefficient (Wildman–Crippen LogP) is 1.42. The smallest absolute Gasteiger partial charge is 0.270 e. The molecule has 0 aliphatic carbocycles. The average molecular weight is 270 g/mol. The van der Waals surface area contributed by atoms with Crippen LogP contribution < -0.4 is 5.73 Å². The maximum absolute atomic E-state index is 12.2. The average Bonchev–Trinajstić information content (AvgIpc) is 2.75. The first-order valence-corrected chi connectivity index (χ1v) is 5.85. The van der Waals surface area contributed by atoms with Gasteiger partial charge in [0.2, 0.25) is 0 Å². The van der Waals surface area contributed by atoms with E-state index in [0.29, 0.717) is 13.1 Å². The zero-order valence-electron chi connectivity index (χ0n) is 9.51. The molecule has 0 bridgehead atoms. The molecule has 1 aliphatic heterocycles. The van der Waals surface area contributed by atoms with Crippen molar-refractivity contribution in [1.29, 1.82) is 0 Å². The third kappa shape index (κ3) is 2.44. The van der Waals surface area contributed by atoms with Crippen molar-refractivity contribution in [2.24, 2.45) is 5.73 Å². The zero-order valence-corrected chi connectivity index (χ0v) is 10.3. The molecule has 0 saturated carbocycles. The van der Waals surface area contributed by atoms with Crippen LogP contribution in [0.15, 0.2) is 18.2 Å². The summed E-state index contributed by atoms with van der Waals surface area (Å²) in [4.78, 5) is 23.8. The van der Waals surface area contributed by atoms with E-state index >= 15 is 0 Å². The number of likely N-dealkylation sites (tertiary alicyclic amines) is 1. The van der Waals surface area contributed by atoms with Gasteiger partial charge in [-0.1, -0.05) is 11.6 Å². The topological polar surface area (TPSA) is 89.5 Å². The second-order valence-electron chi connectivity index (χ2n) is 4.22. The normalized spacial score (nSPS) is 19.0. The lowest BCUT2D eigenvalue weighted by atomic mass is 10.1. The Balaban J connectivity index is 2.29. The molecule has 0 radical (unpaired) electrons. The van der Waals surface area contributed by atoms with Crippen LogP contribution in [-0.2, 0) is 0 Å². The molecule has 1 amide bonds. The Kier molecular flexibility index (Phi) is 3.49. The number of carbonyl (C=O) groups excluding carboxylic acids is 1. The lowest BCUT2D eigenvalue weighted by Crippen LogP contribution is -2.32. The number of amides is 1. The number of benzene rings is 1. The van der Waals surface area contributed by atoms with Crippen molar-refractivity contribution < 1.29 is 9.72 Å². The Bertz CT molecular complexity index is 506. The van der Waals surface area contributed by atoms with Crippen LogP contribution in [0.3, 0.4) is 0 Å². The molecule has 2 N–H and O–H groups in total. The molecule has 0 aromatic heterocycles. The fraction of sp³-hybridized carbons (Fsp3) is 0.364. The molecule has 7 heteroatoms. The molecule has 2 rings (SSSR count). The summed E-state index contributed by atoms with van der Waals surface area (Å²) in [5.41, 5.74) is 5.73. The van der Waals surface area contributed by atoms with Gasteiger partial charge in [-0.25, -0.2) is 0 Å². The molecule has 0 unspecified atom stereocenters. The van der Waals surface area contributed by atoms with Gasteiger partial charge in [0, 0.05) is 31.3 Å². The Morgan fingerprint density at radius 1 is 1.56 bits per heavy atom. The Labute approximate surface area is 108 Å². The van der Waals surface area contributed by atoms with Gasteiger partial charge in [0.05, 0.1) is 15.5 Å². The van der Waals surface area contributed by atoms with Crippen molar-refractivity contribution in [2.75, 3.05) is 13.1 Å². The molecule has 1 saturated heterocycles. The van der Waals surface area contributed by atoms with Gasteiger partial charge < -0.3 is 10.6 Å². The maximum Gasteiger partial charge on any atom is 0.270 e. The standard InChI is InChI=1S/C11H12ClN3O3/c12-10-2-1-8(15(17)18)5-9(10)11(16)14-4-3-7(13)6-14/h1-2,5,7H,3-4,6,13H2/t7-/m0/s1. The lowest BCUT2D eigenvalue weighted by Gasteiger charge is -2.16. The quantitative estimate of drug-likeness (QED) is 0.649. The van der Waals surface area contributed by atoms with Gasteiger partial charge in [-0.15, -0.1) is 0 Å². The molecule has 1 fully saturated rings. The number of non-ortho nitro benzene ring substituents is 1. The van der Waals surface area contributed by atoms with E-state index in [4.69, 9.17) is 17.3 Å². The Morgan fingerprint density at radius 3 is 2.83 bits per heavy atom. The van der Waals surface area contributed by atoms with Gasteiger partial charge in [0.15, 0.2) is 0 Å². The highest BCUT2D eigenvalue weighted by atomic mass is 35.5. The number of carbonyl (C=O) groups is 1. The minimum Gasteiger partial charge on any atom is -0.337 e. The van der Waals surface area contributed by atoms with Gasteiger partial charge in [-0.2, -0.15) is 0 Å².